The molecular weight excluding hydrogens is 206 g/mol. The largest absolute Gasteiger partial charge is 0.529 e. The predicted molar refractivity (Wildman–Crippen MR) is 67.7 cm³/mol. The van der Waals surface area contributed by atoms with Crippen LogP contribution < -0.4 is 0 Å². The van der Waals surface area contributed by atoms with E-state index in [1.165, 1.54) is 5.57 Å². The Morgan fingerprint density at radius 3 is 2.13 bits per heavy atom. The highest BCUT2D eigenvalue weighted by Gasteiger charge is 2.18. The molecule has 90 valence electrons. The zero-order chi connectivity index (χ0) is 12.1. The van der Waals surface area contributed by atoms with Crippen molar-refractivity contribution in [3.8, 4) is 0 Å². The molecule has 0 aliphatic carbocycles. The molecule has 0 aromatic heterocycles. The predicted octanol–water partition coefficient (Wildman–Crippen LogP) is 1.14. The zero-order valence-electron chi connectivity index (χ0n) is 11.2. The highest BCUT2D eigenvalue weighted by molar-refractivity contribution is 5.98. The number of nitrogens with zero attached hydrogens (tertiary/aromatic N) is 1. The van der Waals surface area contributed by atoms with E-state index in [0.717, 1.165) is 12.5 Å². The molecule has 0 N–H and O–H groups in total. The molecule has 0 aromatic rings. The van der Waals surface area contributed by atoms with Crippen LogP contribution in [0, 0.1) is 5.41 Å². The monoisotopic (exact) mass is 231 g/mol. The van der Waals surface area contributed by atoms with Crippen molar-refractivity contribution in [1.29, 1.82) is 0 Å². The molecule has 0 bridgehead atoms. The molecule has 0 saturated carbocycles. The minimum Gasteiger partial charge on any atom is -0.529 e. The second kappa shape index (κ2) is 6.18. The summed E-state index contributed by atoms with van der Waals surface area (Å²) in [5, 5.41) is 0. The smallest absolute Gasteiger partial charge is 0.264 e. The van der Waals surface area contributed by atoms with Gasteiger partial charge in [-0.1, -0.05) is 20.8 Å². The summed E-state index contributed by atoms with van der Waals surface area (Å²) in [7, 11) is 4.74. The van der Waals surface area contributed by atoms with Gasteiger partial charge in [0, 0.05) is 12.1 Å². The van der Waals surface area contributed by atoms with Crippen molar-refractivity contribution < 1.29 is 9.16 Å². The van der Waals surface area contributed by atoms with Crippen LogP contribution in [0.15, 0.2) is 11.5 Å². The first-order valence-electron chi connectivity index (χ1n) is 5.32. The molecule has 0 unspecified atom stereocenters. The number of hydrogen-bond donors (Lipinski definition) is 0. The van der Waals surface area contributed by atoms with Crippen molar-refractivity contribution in [2.45, 2.75) is 27.7 Å². The van der Waals surface area contributed by atoms with Crippen LogP contribution in [0.5, 0.6) is 0 Å². The van der Waals surface area contributed by atoms with Gasteiger partial charge in [-0.2, -0.15) is 0 Å². The maximum atomic E-state index is 5.64. The van der Waals surface area contributed by atoms with E-state index in [0.29, 0.717) is 17.1 Å². The summed E-state index contributed by atoms with van der Waals surface area (Å²) in [6.07, 6.45) is 0. The molecule has 15 heavy (non-hydrogen) atoms. The Morgan fingerprint density at radius 1 is 1.27 bits per heavy atom. The number of ether oxygens (including phenoxy) is 1. The Morgan fingerprint density at radius 2 is 1.80 bits per heavy atom. The fourth-order valence-electron chi connectivity index (χ4n) is 0.947. The fraction of sp³-hybridized carbons (Fsp3) is 0.818. The molecule has 0 aliphatic rings. The average molecular weight is 231 g/mol. The van der Waals surface area contributed by atoms with E-state index in [2.05, 4.69) is 32.6 Å². The lowest BCUT2D eigenvalue weighted by Gasteiger charge is -2.23. The van der Waals surface area contributed by atoms with E-state index in [1.54, 1.807) is 0 Å². The van der Waals surface area contributed by atoms with Crippen molar-refractivity contribution in [3.05, 3.63) is 11.5 Å². The summed E-state index contributed by atoms with van der Waals surface area (Å²) < 4.78 is 11.0. The quantitative estimate of drug-likeness (QED) is 0.523. The Kier molecular flexibility index (Phi) is 5.98. The maximum absolute atomic E-state index is 5.64. The highest BCUT2D eigenvalue weighted by atomic mass is 28.2. The van der Waals surface area contributed by atoms with Crippen LogP contribution in [0.25, 0.3) is 0 Å². The first-order valence-corrected chi connectivity index (χ1v) is 6.13. The van der Waals surface area contributed by atoms with Crippen LogP contribution in [0.1, 0.15) is 27.7 Å². The van der Waals surface area contributed by atoms with Crippen molar-refractivity contribution in [2.24, 2.45) is 5.41 Å². The molecule has 3 nitrogen and oxygen atoms in total. The molecule has 0 saturated heterocycles. The standard InChI is InChI=1S/C11H25NO2Si/c1-9(11(2,3)4)10(14-15)13-8-7-12(5)6/h7-8H2,1-6,15H3. The Labute approximate surface area is 97.0 Å². The molecule has 4 heteroatoms. The van der Waals surface area contributed by atoms with E-state index in [-0.39, 0.29) is 5.41 Å². The Balaban J connectivity index is 4.35. The summed E-state index contributed by atoms with van der Waals surface area (Å²) in [4.78, 5) is 2.09. The third-order valence-corrected chi connectivity index (χ3v) is 2.76. The fourth-order valence-corrected chi connectivity index (χ4v) is 1.37. The van der Waals surface area contributed by atoms with Gasteiger partial charge < -0.3 is 14.1 Å². The number of rotatable bonds is 5. The molecule has 0 heterocycles. The lowest BCUT2D eigenvalue weighted by Crippen LogP contribution is -2.19. The lowest BCUT2D eigenvalue weighted by atomic mass is 9.88. The SMILES string of the molecule is CC(=C(O[SiH3])OCCN(C)C)C(C)(C)C. The molecule has 0 amide bonds. The molecular formula is C11H25NO2Si. The van der Waals surface area contributed by atoms with Crippen LogP contribution in [-0.2, 0) is 9.16 Å². The normalized spacial score (nSPS) is 14.1. The van der Waals surface area contributed by atoms with Crippen LogP contribution in [0.4, 0.5) is 0 Å². The lowest BCUT2D eigenvalue weighted by molar-refractivity contribution is 0.0912. The molecule has 0 atom stereocenters. The molecule has 0 aliphatic heterocycles. The first kappa shape index (κ1) is 14.5. The van der Waals surface area contributed by atoms with Gasteiger partial charge in [-0.3, -0.25) is 0 Å². The molecule has 0 radical (unpaired) electrons. The summed E-state index contributed by atoms with van der Waals surface area (Å²) in [5.74, 6) is 0.719. The topological polar surface area (TPSA) is 21.7 Å². The minimum atomic E-state index is 0.109. The van der Waals surface area contributed by atoms with Gasteiger partial charge in [-0.15, -0.1) is 0 Å². The van der Waals surface area contributed by atoms with Crippen LogP contribution >= 0.6 is 0 Å². The number of likely N-dealkylation sites (N-methyl/N-ethyl adjacent to an activating group) is 1. The molecule has 0 fully saturated rings. The summed E-state index contributed by atoms with van der Waals surface area (Å²) >= 11 is 0. The van der Waals surface area contributed by atoms with Gasteiger partial charge in [0.1, 0.15) is 6.61 Å². The van der Waals surface area contributed by atoms with Gasteiger partial charge in [0.05, 0.1) is 0 Å². The van der Waals surface area contributed by atoms with Gasteiger partial charge in [-0.05, 0) is 26.4 Å². The second-order valence-electron chi connectivity index (χ2n) is 5.02. The Bertz CT molecular complexity index is 219. The van der Waals surface area contributed by atoms with E-state index in [1.807, 2.05) is 14.1 Å². The van der Waals surface area contributed by atoms with Crippen molar-refractivity contribution in [3.63, 3.8) is 0 Å². The zero-order valence-corrected chi connectivity index (χ0v) is 13.2. The van der Waals surface area contributed by atoms with Crippen molar-refractivity contribution in [1.82, 2.24) is 4.90 Å². The van der Waals surface area contributed by atoms with Gasteiger partial charge >= 0.3 is 0 Å². The summed E-state index contributed by atoms with van der Waals surface area (Å²) in [6, 6.07) is 0. The van der Waals surface area contributed by atoms with Crippen LogP contribution in [0.2, 0.25) is 0 Å². The van der Waals surface area contributed by atoms with Gasteiger partial charge in [0.15, 0.2) is 0 Å². The highest BCUT2D eigenvalue weighted by Crippen LogP contribution is 2.27. The van der Waals surface area contributed by atoms with Gasteiger partial charge in [0.25, 0.3) is 5.95 Å². The summed E-state index contributed by atoms with van der Waals surface area (Å²) in [5.41, 5.74) is 1.29. The van der Waals surface area contributed by atoms with E-state index >= 15 is 0 Å². The average Bonchev–Trinajstić information content (AvgIpc) is 2.09. The van der Waals surface area contributed by atoms with Crippen molar-refractivity contribution in [2.75, 3.05) is 27.2 Å². The number of hydrogen-bond acceptors (Lipinski definition) is 3. The molecule has 0 spiro atoms. The first-order chi connectivity index (χ1) is 6.79. The molecule has 0 aromatic carbocycles. The Hall–Kier alpha value is -0.483. The van der Waals surface area contributed by atoms with E-state index in [9.17, 15) is 0 Å². The third-order valence-electron chi connectivity index (χ3n) is 2.39. The van der Waals surface area contributed by atoms with Crippen molar-refractivity contribution >= 4 is 10.5 Å². The maximum Gasteiger partial charge on any atom is 0.264 e. The van der Waals surface area contributed by atoms with Gasteiger partial charge in [-0.25, -0.2) is 0 Å². The van der Waals surface area contributed by atoms with Crippen LogP contribution in [0.3, 0.4) is 0 Å². The number of allylic oxidation sites excluding steroid dienone is 1. The minimum absolute atomic E-state index is 0.109. The second-order valence-corrected chi connectivity index (χ2v) is 5.43. The van der Waals surface area contributed by atoms with E-state index < -0.39 is 0 Å². The third kappa shape index (κ3) is 5.84. The summed E-state index contributed by atoms with van der Waals surface area (Å²) in [6.45, 7) is 10.2. The molecule has 0 rings (SSSR count). The van der Waals surface area contributed by atoms with Gasteiger partial charge in [0.2, 0.25) is 10.5 Å². The van der Waals surface area contributed by atoms with E-state index in [4.69, 9.17) is 9.16 Å². The van der Waals surface area contributed by atoms with Crippen LogP contribution in [-0.4, -0.2) is 42.6 Å².